The molecule has 2 N–H and O–H groups in total. The van der Waals surface area contributed by atoms with Crippen LogP contribution >= 0.6 is 11.3 Å². The van der Waals surface area contributed by atoms with Gasteiger partial charge in [-0.1, -0.05) is 42.5 Å². The van der Waals surface area contributed by atoms with Crippen LogP contribution in [0.4, 0.5) is 0 Å². The van der Waals surface area contributed by atoms with Crippen molar-refractivity contribution in [2.24, 2.45) is 5.73 Å². The molecule has 0 saturated carbocycles. The Balaban J connectivity index is 2.17. The Hall–Kier alpha value is -1.71. The zero-order valence-electron chi connectivity index (χ0n) is 9.21. The number of benzene rings is 2. The van der Waals surface area contributed by atoms with E-state index in [2.05, 4.69) is 29.2 Å². The number of rotatable bonds is 2. The summed E-state index contributed by atoms with van der Waals surface area (Å²) in [6.45, 7) is 0. The van der Waals surface area contributed by atoms with Crippen LogP contribution in [0.2, 0.25) is 0 Å². The first kappa shape index (κ1) is 10.4. The van der Waals surface area contributed by atoms with Crippen molar-refractivity contribution in [3.05, 3.63) is 64.6 Å². The van der Waals surface area contributed by atoms with Crippen LogP contribution in [-0.4, -0.2) is 4.98 Å². The largest absolute Gasteiger partial charge is 0.319 e. The first-order valence-corrected chi connectivity index (χ1v) is 6.42. The van der Waals surface area contributed by atoms with Gasteiger partial charge < -0.3 is 5.73 Å². The molecule has 0 bridgehead atoms. The van der Waals surface area contributed by atoms with Crippen LogP contribution in [0.15, 0.2) is 53.4 Å². The molecule has 0 aliphatic rings. The fourth-order valence-corrected chi connectivity index (χ4v) is 2.65. The minimum Gasteiger partial charge on any atom is -0.319 e. The summed E-state index contributed by atoms with van der Waals surface area (Å²) in [6.07, 6.45) is 0. The lowest BCUT2D eigenvalue weighted by Gasteiger charge is -2.12. The molecule has 3 aromatic rings. The summed E-state index contributed by atoms with van der Waals surface area (Å²) in [6, 6.07) is 14.4. The molecule has 84 valence electrons. The lowest BCUT2D eigenvalue weighted by Crippen LogP contribution is -2.12. The van der Waals surface area contributed by atoms with Gasteiger partial charge in [-0.3, -0.25) is 0 Å². The number of nitrogens with zero attached hydrogens (tertiary/aromatic N) is 1. The van der Waals surface area contributed by atoms with Crippen molar-refractivity contribution in [1.82, 2.24) is 4.98 Å². The quantitative estimate of drug-likeness (QED) is 0.746. The molecule has 0 amide bonds. The van der Waals surface area contributed by atoms with E-state index in [-0.39, 0.29) is 6.04 Å². The molecule has 2 nitrogen and oxygen atoms in total. The van der Waals surface area contributed by atoms with Crippen LogP contribution in [0.5, 0.6) is 0 Å². The highest BCUT2D eigenvalue weighted by molar-refractivity contribution is 7.07. The summed E-state index contributed by atoms with van der Waals surface area (Å²) in [5.41, 5.74) is 10.2. The zero-order valence-corrected chi connectivity index (χ0v) is 10.0. The van der Waals surface area contributed by atoms with Crippen LogP contribution in [0.1, 0.15) is 17.3 Å². The normalized spacial score (nSPS) is 12.8. The fraction of sp³-hybridized carbons (Fsp3) is 0.0714. The third-order valence-corrected chi connectivity index (χ3v) is 3.53. The van der Waals surface area contributed by atoms with Crippen molar-refractivity contribution in [2.75, 3.05) is 0 Å². The van der Waals surface area contributed by atoms with Crippen LogP contribution in [0.25, 0.3) is 10.8 Å². The third-order valence-electron chi connectivity index (χ3n) is 2.93. The molecular weight excluding hydrogens is 228 g/mol. The molecule has 1 aromatic heterocycles. The Bertz CT molecular complexity index is 626. The van der Waals surface area contributed by atoms with Crippen molar-refractivity contribution in [2.45, 2.75) is 6.04 Å². The van der Waals surface area contributed by atoms with Gasteiger partial charge in [-0.25, -0.2) is 4.98 Å². The lowest BCUT2D eigenvalue weighted by molar-refractivity contribution is 0.847. The second-order valence-corrected chi connectivity index (χ2v) is 4.68. The summed E-state index contributed by atoms with van der Waals surface area (Å²) < 4.78 is 0. The van der Waals surface area contributed by atoms with E-state index in [0.717, 1.165) is 11.3 Å². The number of fused-ring (bicyclic) bond motifs is 1. The molecule has 0 saturated heterocycles. The molecule has 0 spiro atoms. The Labute approximate surface area is 104 Å². The summed E-state index contributed by atoms with van der Waals surface area (Å²) in [4.78, 5) is 4.29. The van der Waals surface area contributed by atoms with Gasteiger partial charge in [-0.2, -0.15) is 0 Å². The Morgan fingerprint density at radius 3 is 2.71 bits per heavy atom. The van der Waals surface area contributed by atoms with Gasteiger partial charge in [0, 0.05) is 5.38 Å². The van der Waals surface area contributed by atoms with Crippen LogP contribution in [0.3, 0.4) is 0 Å². The number of aromatic nitrogens is 1. The predicted molar refractivity (Wildman–Crippen MR) is 72.1 cm³/mol. The summed E-state index contributed by atoms with van der Waals surface area (Å²) in [5.74, 6) is 0. The third kappa shape index (κ3) is 1.84. The molecular formula is C14H12N2S. The summed E-state index contributed by atoms with van der Waals surface area (Å²) in [5, 5.41) is 4.43. The molecule has 1 atom stereocenters. The van der Waals surface area contributed by atoms with Crippen LogP contribution in [0, 0.1) is 0 Å². The van der Waals surface area contributed by atoms with Crippen molar-refractivity contribution in [3.63, 3.8) is 0 Å². The average Bonchev–Trinajstić information content (AvgIpc) is 2.91. The Morgan fingerprint density at radius 2 is 1.88 bits per heavy atom. The maximum Gasteiger partial charge on any atom is 0.0795 e. The molecule has 1 unspecified atom stereocenters. The van der Waals surface area contributed by atoms with Crippen molar-refractivity contribution in [1.29, 1.82) is 0 Å². The van der Waals surface area contributed by atoms with E-state index in [1.807, 2.05) is 29.1 Å². The van der Waals surface area contributed by atoms with Crippen LogP contribution in [-0.2, 0) is 0 Å². The maximum atomic E-state index is 6.27. The summed E-state index contributed by atoms with van der Waals surface area (Å²) in [7, 11) is 0. The van der Waals surface area contributed by atoms with E-state index in [9.17, 15) is 0 Å². The molecule has 3 rings (SSSR count). The van der Waals surface area contributed by atoms with E-state index in [0.29, 0.717) is 0 Å². The first-order chi connectivity index (χ1) is 8.36. The highest BCUT2D eigenvalue weighted by Crippen LogP contribution is 2.26. The first-order valence-electron chi connectivity index (χ1n) is 5.47. The SMILES string of the molecule is NC(c1cscn1)c1cccc2ccccc12. The van der Waals surface area contributed by atoms with Gasteiger partial charge in [0.25, 0.3) is 0 Å². The molecule has 0 aliphatic carbocycles. The van der Waals surface area contributed by atoms with Crippen LogP contribution < -0.4 is 5.73 Å². The van der Waals surface area contributed by atoms with Gasteiger partial charge in [0.15, 0.2) is 0 Å². The summed E-state index contributed by atoms with van der Waals surface area (Å²) >= 11 is 1.58. The number of hydrogen-bond donors (Lipinski definition) is 1. The van der Waals surface area contributed by atoms with Gasteiger partial charge in [-0.05, 0) is 16.3 Å². The van der Waals surface area contributed by atoms with E-state index in [4.69, 9.17) is 5.73 Å². The second-order valence-electron chi connectivity index (χ2n) is 3.96. The number of hydrogen-bond acceptors (Lipinski definition) is 3. The van der Waals surface area contributed by atoms with Crippen molar-refractivity contribution < 1.29 is 0 Å². The number of nitrogens with two attached hydrogens (primary N) is 1. The van der Waals surface area contributed by atoms with E-state index in [1.54, 1.807) is 11.3 Å². The van der Waals surface area contributed by atoms with E-state index < -0.39 is 0 Å². The van der Waals surface area contributed by atoms with Gasteiger partial charge in [0.05, 0.1) is 17.2 Å². The highest BCUT2D eigenvalue weighted by atomic mass is 32.1. The van der Waals surface area contributed by atoms with Gasteiger partial charge in [0.1, 0.15) is 0 Å². The molecule has 2 aromatic carbocycles. The molecule has 17 heavy (non-hydrogen) atoms. The minimum atomic E-state index is -0.146. The monoisotopic (exact) mass is 240 g/mol. The van der Waals surface area contributed by atoms with Gasteiger partial charge in [0.2, 0.25) is 0 Å². The minimum absolute atomic E-state index is 0.146. The molecule has 1 heterocycles. The van der Waals surface area contributed by atoms with Gasteiger partial charge in [-0.15, -0.1) is 11.3 Å². The van der Waals surface area contributed by atoms with E-state index >= 15 is 0 Å². The zero-order chi connectivity index (χ0) is 11.7. The maximum absolute atomic E-state index is 6.27. The van der Waals surface area contributed by atoms with Crippen molar-refractivity contribution in [3.8, 4) is 0 Å². The average molecular weight is 240 g/mol. The fourth-order valence-electron chi connectivity index (χ4n) is 2.06. The Morgan fingerprint density at radius 1 is 1.06 bits per heavy atom. The molecule has 0 radical (unpaired) electrons. The smallest absolute Gasteiger partial charge is 0.0795 e. The highest BCUT2D eigenvalue weighted by Gasteiger charge is 2.13. The second kappa shape index (κ2) is 4.28. The molecule has 3 heteroatoms. The number of thiazole rings is 1. The lowest BCUT2D eigenvalue weighted by atomic mass is 9.98. The predicted octanol–water partition coefficient (Wildman–Crippen LogP) is 3.34. The molecule has 0 fully saturated rings. The van der Waals surface area contributed by atoms with E-state index in [1.165, 1.54) is 10.8 Å². The topological polar surface area (TPSA) is 38.9 Å². The van der Waals surface area contributed by atoms with Gasteiger partial charge >= 0.3 is 0 Å². The standard InChI is InChI=1S/C14H12N2S/c15-14(13-8-17-9-16-13)12-7-3-5-10-4-1-2-6-11(10)12/h1-9,14H,15H2. The molecule has 0 aliphatic heterocycles. The van der Waals surface area contributed by atoms with Crippen molar-refractivity contribution >= 4 is 22.1 Å². The Kier molecular flexibility index (Phi) is 2.63.